The Labute approximate surface area is 438 Å². The Hall–Kier alpha value is -5.73. The number of rotatable bonds is 23. The summed E-state index contributed by atoms with van der Waals surface area (Å²) in [6, 6.07) is 14.6. The second kappa shape index (κ2) is 26.1. The van der Waals surface area contributed by atoms with Gasteiger partial charge in [-0.2, -0.15) is 0 Å². The predicted octanol–water partition coefficient (Wildman–Crippen LogP) is 3.35. The number of aliphatic carboxylic acids is 1. The average Bonchev–Trinajstić information content (AvgIpc) is 4.07. The largest absolute Gasteiger partial charge is 0.479 e. The average molecular weight is 1060 g/mol. The monoisotopic (exact) mass is 1060 g/mol. The topological polar surface area (TPSA) is 319 Å². The summed E-state index contributed by atoms with van der Waals surface area (Å²) in [6.45, 7) is 4.17. The molecule has 4 aromatic rings. The number of carboxylic acids is 1. The predicted molar refractivity (Wildman–Crippen MR) is 268 cm³/mol. The van der Waals surface area contributed by atoms with Gasteiger partial charge in [0.15, 0.2) is 24.8 Å². The number of nitrogens with one attached hydrogen (secondary N) is 1. The molecule has 2 aromatic carbocycles. The van der Waals surface area contributed by atoms with Crippen LogP contribution in [-0.2, 0) is 57.5 Å². The number of aliphatic hydroxyl groups excluding tert-OH is 5. The number of allylic oxidation sites excluding steroid dienone is 1. The van der Waals surface area contributed by atoms with E-state index < -0.39 is 115 Å². The van der Waals surface area contributed by atoms with Crippen LogP contribution in [-0.4, -0.2) is 166 Å². The molecule has 0 bridgehead atoms. The van der Waals surface area contributed by atoms with Crippen LogP contribution in [0.4, 0.5) is 5.69 Å². The normalized spacial score (nSPS) is 30.3. The molecule has 2 saturated heterocycles. The lowest BCUT2D eigenvalue weighted by Gasteiger charge is -2.48. The van der Waals surface area contributed by atoms with Crippen LogP contribution in [0.2, 0.25) is 0 Å². The zero-order chi connectivity index (χ0) is 54.0. The second-order valence-corrected chi connectivity index (χ2v) is 20.4. The molecule has 4 aliphatic rings. The van der Waals surface area contributed by atoms with Crippen molar-refractivity contribution >= 4 is 34.4 Å². The van der Waals surface area contributed by atoms with Crippen LogP contribution in [0.5, 0.6) is 0 Å². The molecule has 4 heterocycles. The van der Waals surface area contributed by atoms with Gasteiger partial charge < -0.3 is 68.9 Å². The van der Waals surface area contributed by atoms with Crippen molar-refractivity contribution in [2.75, 3.05) is 13.2 Å². The molecule has 10 unspecified atom stereocenters. The van der Waals surface area contributed by atoms with Gasteiger partial charge in [-0.15, -0.1) is 5.10 Å². The number of carbonyl (C=O) groups excluding carboxylic acids is 2. The van der Waals surface area contributed by atoms with Crippen molar-refractivity contribution < 1.29 is 78.4 Å². The summed E-state index contributed by atoms with van der Waals surface area (Å²) >= 11 is 0. The van der Waals surface area contributed by atoms with E-state index in [-0.39, 0.29) is 43.0 Å². The zero-order valence-corrected chi connectivity index (χ0v) is 42.6. The lowest BCUT2D eigenvalue weighted by molar-refractivity contribution is -0.384. The third-order valence-corrected chi connectivity index (χ3v) is 14.9. The molecule has 23 heteroatoms. The first-order chi connectivity index (χ1) is 36.6. The molecule has 15 atom stereocenters. The molecular formula is C53H70N6O17. The third-order valence-electron chi connectivity index (χ3n) is 14.9. The maximum Gasteiger partial charge on any atom is 0.338 e. The van der Waals surface area contributed by atoms with Crippen molar-refractivity contribution in [3.05, 3.63) is 100 Å². The van der Waals surface area contributed by atoms with Crippen molar-refractivity contribution in [3.8, 4) is 0 Å². The molecule has 2 aliphatic heterocycles. The number of hydrogen-bond acceptors (Lipinski definition) is 18. The van der Waals surface area contributed by atoms with Crippen LogP contribution in [0.15, 0.2) is 78.6 Å². The molecule has 0 radical (unpaired) electrons. The standard InChI is InChI=1S/C53H70N6O17/c1-30-24-35(49(65)54-20-11-16-36-28-58(56-55-36)22-10-9-21-57-23-19-34-26-37(59(69)70)17-18-38(34)57)27-39(46(30)76-52-45(64)44(63)42(61)31(2)71-52)73-53-48(75-51(68)33-14-7-4-8-15-33)47(43(62)41(29-60)74-53)72-40(50(66)67)25-32-12-5-3-6-13-32/h4,7-8,12,14-15,17-19,23,26,28,30-31,35,39-48,52-53,60-64H,3,5-6,9-11,13,16,20-22,24-25,27,29H2,1-2H3,(H,54,65)(H,66,67)/t30?,31?,35?,39-,40+,41?,42?,43+,44?,45?,46?,47?,48?,52+,53-/m1/s1. The first-order valence-corrected chi connectivity index (χ1v) is 26.3. The Kier molecular flexibility index (Phi) is 19.4. The third kappa shape index (κ3) is 13.9. The molecular weight excluding hydrogens is 993 g/mol. The quantitative estimate of drug-likeness (QED) is 0.0184. The molecule has 0 spiro atoms. The van der Waals surface area contributed by atoms with Gasteiger partial charge in [-0.1, -0.05) is 42.0 Å². The zero-order valence-electron chi connectivity index (χ0n) is 42.6. The minimum Gasteiger partial charge on any atom is -0.479 e. The number of nitrogens with zero attached hydrogens (tertiary/aromatic N) is 5. The summed E-state index contributed by atoms with van der Waals surface area (Å²) in [7, 11) is 0. The maximum absolute atomic E-state index is 14.1. The summed E-state index contributed by atoms with van der Waals surface area (Å²) < 4.78 is 41.2. The summed E-state index contributed by atoms with van der Waals surface area (Å²) in [5.74, 6) is -3.74. The van der Waals surface area contributed by atoms with Crippen LogP contribution in [0, 0.1) is 22.0 Å². The van der Waals surface area contributed by atoms with Gasteiger partial charge in [0.05, 0.1) is 41.1 Å². The van der Waals surface area contributed by atoms with Crippen molar-refractivity contribution in [1.29, 1.82) is 0 Å². The molecule has 414 valence electrons. The first-order valence-electron chi connectivity index (χ1n) is 26.3. The van der Waals surface area contributed by atoms with E-state index in [1.54, 1.807) is 41.9 Å². The van der Waals surface area contributed by atoms with Crippen LogP contribution in [0.25, 0.3) is 10.9 Å². The summed E-state index contributed by atoms with van der Waals surface area (Å²) in [5, 5.41) is 88.5. The first kappa shape index (κ1) is 56.5. The number of fused-ring (bicyclic) bond motifs is 1. The molecule has 3 fully saturated rings. The van der Waals surface area contributed by atoms with Gasteiger partial charge in [0.2, 0.25) is 5.91 Å². The fraction of sp³-hybridized carbons (Fsp3) is 0.604. The molecule has 2 aliphatic carbocycles. The van der Waals surface area contributed by atoms with Crippen molar-refractivity contribution in [2.45, 2.75) is 177 Å². The van der Waals surface area contributed by atoms with Crippen LogP contribution < -0.4 is 5.32 Å². The second-order valence-electron chi connectivity index (χ2n) is 20.4. The summed E-state index contributed by atoms with van der Waals surface area (Å²) in [6.07, 6.45) is -7.01. The highest BCUT2D eigenvalue weighted by atomic mass is 16.7. The number of aliphatic hydroxyl groups is 5. The molecule has 23 nitrogen and oxygen atoms in total. The van der Waals surface area contributed by atoms with Crippen LogP contribution in [0.3, 0.4) is 0 Å². The Morgan fingerprint density at radius 3 is 2.42 bits per heavy atom. The van der Waals surface area contributed by atoms with E-state index in [0.29, 0.717) is 25.8 Å². The summed E-state index contributed by atoms with van der Waals surface area (Å²) in [5.41, 5.74) is 2.70. The molecule has 1 saturated carbocycles. The fourth-order valence-electron chi connectivity index (χ4n) is 10.6. The SMILES string of the molecule is CC1CC(C(=O)NCCCc2cn(CCCCn3ccc4cc([N+](=O)[O-])ccc43)nn2)C[C@@H](O[C@@H]2OC(CO)[C@H](O)C(O[C@@H](CC3=CCCCC3)C(=O)O)C2OC(=O)c2ccccc2)C1O[C@@H]1OC(C)C(O)C(O)C1O. The van der Waals surface area contributed by atoms with Gasteiger partial charge in [-0.05, 0) is 101 Å². The Morgan fingerprint density at radius 2 is 1.68 bits per heavy atom. The highest BCUT2D eigenvalue weighted by Gasteiger charge is 2.54. The number of carbonyl (C=O) groups is 3. The molecule has 8 rings (SSSR count). The van der Waals surface area contributed by atoms with Crippen molar-refractivity contribution in [2.24, 2.45) is 11.8 Å². The number of aromatic nitrogens is 4. The van der Waals surface area contributed by atoms with E-state index in [0.717, 1.165) is 60.8 Å². The number of unbranched alkanes of at least 4 members (excludes halogenated alkanes) is 1. The van der Waals surface area contributed by atoms with E-state index in [1.807, 2.05) is 24.5 Å². The number of non-ortho nitro benzene ring substituents is 1. The van der Waals surface area contributed by atoms with Gasteiger partial charge in [0.25, 0.3) is 5.69 Å². The lowest BCUT2D eigenvalue weighted by Crippen LogP contribution is -2.64. The van der Waals surface area contributed by atoms with Crippen LogP contribution >= 0.6 is 0 Å². The van der Waals surface area contributed by atoms with Crippen molar-refractivity contribution in [3.63, 3.8) is 0 Å². The van der Waals surface area contributed by atoms with E-state index in [4.69, 9.17) is 28.4 Å². The number of nitro benzene ring substituents is 1. The lowest BCUT2D eigenvalue weighted by atomic mass is 9.77. The minimum absolute atomic E-state index is 0.0157. The molecule has 76 heavy (non-hydrogen) atoms. The fourth-order valence-corrected chi connectivity index (χ4v) is 10.6. The number of aryl methyl sites for hydroxylation is 3. The van der Waals surface area contributed by atoms with E-state index >= 15 is 0 Å². The van der Waals surface area contributed by atoms with Gasteiger partial charge in [0.1, 0.15) is 36.6 Å². The van der Waals surface area contributed by atoms with Crippen molar-refractivity contribution in [1.82, 2.24) is 24.9 Å². The molecule has 1 amide bonds. The van der Waals surface area contributed by atoms with Gasteiger partial charge in [0, 0.05) is 67.4 Å². The number of hydrogen-bond donors (Lipinski definition) is 7. The maximum atomic E-state index is 14.1. The van der Waals surface area contributed by atoms with E-state index in [1.165, 1.54) is 25.1 Å². The number of esters is 1. The van der Waals surface area contributed by atoms with Gasteiger partial charge in [-0.25, -0.2) is 9.59 Å². The smallest absolute Gasteiger partial charge is 0.338 e. The Balaban J connectivity index is 0.945. The van der Waals surface area contributed by atoms with E-state index in [2.05, 4.69) is 20.2 Å². The Bertz CT molecular complexity index is 2610. The minimum atomic E-state index is -1.72. The highest BCUT2D eigenvalue weighted by Crippen LogP contribution is 2.39. The van der Waals surface area contributed by atoms with Gasteiger partial charge in [-0.3, -0.25) is 19.6 Å². The van der Waals surface area contributed by atoms with Gasteiger partial charge >= 0.3 is 11.9 Å². The number of benzene rings is 2. The number of amides is 1. The Morgan fingerprint density at radius 1 is 0.895 bits per heavy atom. The number of nitro groups is 1. The summed E-state index contributed by atoms with van der Waals surface area (Å²) in [4.78, 5) is 51.5. The van der Waals surface area contributed by atoms with E-state index in [9.17, 15) is 55.1 Å². The number of carboxylic acid groups (broad SMARTS) is 1. The molecule has 2 aromatic heterocycles. The number of ether oxygens (including phenoxy) is 6. The molecule has 7 N–H and O–H groups in total. The van der Waals surface area contributed by atoms with Crippen LogP contribution in [0.1, 0.15) is 94.1 Å². The highest BCUT2D eigenvalue weighted by molar-refractivity contribution is 5.89.